The van der Waals surface area contributed by atoms with Crippen LogP contribution in [0.4, 0.5) is 0 Å². The summed E-state index contributed by atoms with van der Waals surface area (Å²) in [6, 6.07) is 3.91. The molecule has 0 radical (unpaired) electrons. The molecule has 118 valence electrons. The van der Waals surface area contributed by atoms with Crippen LogP contribution in [-0.2, 0) is 11.3 Å². The summed E-state index contributed by atoms with van der Waals surface area (Å²) >= 11 is 1.65. The molecule has 0 aliphatic heterocycles. The van der Waals surface area contributed by atoms with Crippen LogP contribution in [0.2, 0.25) is 0 Å². The van der Waals surface area contributed by atoms with Crippen LogP contribution in [0.1, 0.15) is 29.1 Å². The summed E-state index contributed by atoms with van der Waals surface area (Å²) in [5.41, 5.74) is 2.14. The van der Waals surface area contributed by atoms with Gasteiger partial charge in [-0.2, -0.15) is 0 Å². The minimum absolute atomic E-state index is 0.0338. The van der Waals surface area contributed by atoms with Crippen molar-refractivity contribution in [2.75, 3.05) is 20.1 Å². The minimum Gasteiger partial charge on any atom is -0.354 e. The molecular formula is C16H22N4OS. The predicted octanol–water partition coefficient (Wildman–Crippen LogP) is 2.20. The van der Waals surface area contributed by atoms with Crippen LogP contribution < -0.4 is 5.32 Å². The van der Waals surface area contributed by atoms with Gasteiger partial charge in [-0.25, -0.2) is 4.98 Å². The van der Waals surface area contributed by atoms with E-state index in [1.807, 2.05) is 42.6 Å². The Morgan fingerprint density at radius 2 is 2.32 bits per heavy atom. The summed E-state index contributed by atoms with van der Waals surface area (Å²) in [6.45, 7) is 5.77. The molecule has 0 spiro atoms. The number of amides is 1. The summed E-state index contributed by atoms with van der Waals surface area (Å²) in [6.07, 6.45) is 3.57. The fourth-order valence-electron chi connectivity index (χ4n) is 2.11. The van der Waals surface area contributed by atoms with Crippen molar-refractivity contribution in [3.8, 4) is 0 Å². The topological polar surface area (TPSA) is 58.1 Å². The first-order chi connectivity index (χ1) is 10.5. The highest BCUT2D eigenvalue weighted by Gasteiger charge is 2.12. The highest BCUT2D eigenvalue weighted by molar-refractivity contribution is 7.09. The van der Waals surface area contributed by atoms with Crippen LogP contribution in [0.25, 0.3) is 0 Å². The number of likely N-dealkylation sites (N-methyl/N-ethyl adjacent to an activating group) is 1. The number of thiazole rings is 1. The Balaban J connectivity index is 1.73. The van der Waals surface area contributed by atoms with Crippen LogP contribution in [-0.4, -0.2) is 40.9 Å². The van der Waals surface area contributed by atoms with Gasteiger partial charge in [0.1, 0.15) is 0 Å². The first kappa shape index (κ1) is 16.6. The number of rotatable bonds is 7. The molecule has 0 aromatic carbocycles. The average Bonchev–Trinajstić information content (AvgIpc) is 2.92. The van der Waals surface area contributed by atoms with Crippen molar-refractivity contribution in [3.63, 3.8) is 0 Å². The Bertz CT molecular complexity index is 599. The quantitative estimate of drug-likeness (QED) is 0.850. The summed E-state index contributed by atoms with van der Waals surface area (Å²) in [5, 5.41) is 6.09. The number of aromatic nitrogens is 2. The molecule has 5 nitrogen and oxygen atoms in total. The molecule has 0 fully saturated rings. The predicted molar refractivity (Wildman–Crippen MR) is 88.8 cm³/mol. The first-order valence-electron chi connectivity index (χ1n) is 7.30. The van der Waals surface area contributed by atoms with Gasteiger partial charge in [0, 0.05) is 42.5 Å². The Hall–Kier alpha value is -1.79. The number of aryl methyl sites for hydroxylation is 1. The maximum Gasteiger partial charge on any atom is 0.234 e. The standard InChI is InChI=1S/C16H22N4OS/c1-12(16-19-13(2)11-22-16)7-18-15(21)10-20(3)9-14-5-4-6-17-8-14/h4-6,8,11-12H,7,9-10H2,1-3H3,(H,18,21)/t12-/m1/s1. The van der Waals surface area contributed by atoms with Gasteiger partial charge in [0.25, 0.3) is 0 Å². The van der Waals surface area contributed by atoms with Crippen molar-refractivity contribution in [2.45, 2.75) is 26.3 Å². The molecule has 0 aliphatic rings. The van der Waals surface area contributed by atoms with Gasteiger partial charge in [-0.05, 0) is 25.6 Å². The number of carbonyl (C=O) groups is 1. The molecule has 6 heteroatoms. The number of nitrogens with zero attached hydrogens (tertiary/aromatic N) is 3. The van der Waals surface area contributed by atoms with Gasteiger partial charge in [0.2, 0.25) is 5.91 Å². The maximum atomic E-state index is 12.0. The van der Waals surface area contributed by atoms with Gasteiger partial charge >= 0.3 is 0 Å². The third-order valence-electron chi connectivity index (χ3n) is 3.25. The molecule has 2 aromatic heterocycles. The van der Waals surface area contributed by atoms with Crippen LogP contribution in [0, 0.1) is 6.92 Å². The fraction of sp³-hybridized carbons (Fsp3) is 0.438. The molecule has 0 bridgehead atoms. The number of carbonyl (C=O) groups excluding carboxylic acids is 1. The highest BCUT2D eigenvalue weighted by atomic mass is 32.1. The van der Waals surface area contributed by atoms with E-state index in [1.54, 1.807) is 17.5 Å². The van der Waals surface area contributed by atoms with Crippen LogP contribution in [0.5, 0.6) is 0 Å². The molecule has 2 heterocycles. The van der Waals surface area contributed by atoms with E-state index < -0.39 is 0 Å². The molecular weight excluding hydrogens is 296 g/mol. The number of nitrogens with one attached hydrogen (secondary N) is 1. The number of pyridine rings is 1. The third-order valence-corrected chi connectivity index (χ3v) is 4.45. The number of hydrogen-bond donors (Lipinski definition) is 1. The second-order valence-electron chi connectivity index (χ2n) is 5.57. The Morgan fingerprint density at radius 3 is 2.95 bits per heavy atom. The number of hydrogen-bond acceptors (Lipinski definition) is 5. The SMILES string of the molecule is Cc1csc([C@H](C)CNC(=O)CN(C)Cc2cccnc2)n1. The lowest BCUT2D eigenvalue weighted by molar-refractivity contribution is -0.122. The van der Waals surface area contributed by atoms with Crippen LogP contribution in [0.15, 0.2) is 29.9 Å². The zero-order valence-electron chi connectivity index (χ0n) is 13.2. The van der Waals surface area contributed by atoms with Crippen LogP contribution >= 0.6 is 11.3 Å². The summed E-state index contributed by atoms with van der Waals surface area (Å²) < 4.78 is 0. The summed E-state index contributed by atoms with van der Waals surface area (Å²) in [7, 11) is 1.93. The van der Waals surface area contributed by atoms with Crippen molar-refractivity contribution in [2.24, 2.45) is 0 Å². The van der Waals surface area contributed by atoms with Crippen molar-refractivity contribution in [1.82, 2.24) is 20.2 Å². The smallest absolute Gasteiger partial charge is 0.234 e. The van der Waals surface area contributed by atoms with E-state index in [9.17, 15) is 4.79 Å². The van der Waals surface area contributed by atoms with Gasteiger partial charge in [-0.15, -0.1) is 11.3 Å². The highest BCUT2D eigenvalue weighted by Crippen LogP contribution is 2.18. The molecule has 0 saturated carbocycles. The Morgan fingerprint density at radius 1 is 1.50 bits per heavy atom. The monoisotopic (exact) mass is 318 g/mol. The molecule has 1 amide bonds. The van der Waals surface area contributed by atoms with Gasteiger partial charge in [-0.1, -0.05) is 13.0 Å². The van der Waals surface area contributed by atoms with E-state index >= 15 is 0 Å². The van der Waals surface area contributed by atoms with Gasteiger partial charge in [0.05, 0.1) is 11.6 Å². The van der Waals surface area contributed by atoms with Crippen molar-refractivity contribution in [3.05, 3.63) is 46.2 Å². The fourth-order valence-corrected chi connectivity index (χ4v) is 2.97. The van der Waals surface area contributed by atoms with Crippen molar-refractivity contribution in [1.29, 1.82) is 0 Å². The molecule has 22 heavy (non-hydrogen) atoms. The zero-order valence-corrected chi connectivity index (χ0v) is 14.1. The first-order valence-corrected chi connectivity index (χ1v) is 8.18. The van der Waals surface area contributed by atoms with Gasteiger partial charge < -0.3 is 5.32 Å². The van der Waals surface area contributed by atoms with E-state index in [0.717, 1.165) is 16.3 Å². The zero-order chi connectivity index (χ0) is 15.9. The largest absolute Gasteiger partial charge is 0.354 e. The molecule has 2 aromatic rings. The van der Waals surface area contributed by atoms with E-state index in [-0.39, 0.29) is 11.8 Å². The maximum absolute atomic E-state index is 12.0. The molecule has 1 atom stereocenters. The van der Waals surface area contributed by atoms with Gasteiger partial charge in [-0.3, -0.25) is 14.7 Å². The van der Waals surface area contributed by atoms with E-state index in [2.05, 4.69) is 22.2 Å². The van der Waals surface area contributed by atoms with Gasteiger partial charge in [0.15, 0.2) is 0 Å². The Kier molecular flexibility index (Phi) is 6.03. The average molecular weight is 318 g/mol. The van der Waals surface area contributed by atoms with E-state index in [4.69, 9.17) is 0 Å². The Labute approximate surface area is 135 Å². The van der Waals surface area contributed by atoms with Crippen molar-refractivity contribution < 1.29 is 4.79 Å². The lowest BCUT2D eigenvalue weighted by atomic mass is 10.2. The lowest BCUT2D eigenvalue weighted by Crippen LogP contribution is -2.36. The molecule has 1 N–H and O–H groups in total. The summed E-state index contributed by atoms with van der Waals surface area (Å²) in [4.78, 5) is 22.5. The second kappa shape index (κ2) is 8.00. The molecule has 0 saturated heterocycles. The normalized spacial score (nSPS) is 12.4. The van der Waals surface area contributed by atoms with Crippen LogP contribution in [0.3, 0.4) is 0 Å². The van der Waals surface area contributed by atoms with Crippen molar-refractivity contribution >= 4 is 17.2 Å². The van der Waals surface area contributed by atoms with E-state index in [0.29, 0.717) is 19.6 Å². The second-order valence-corrected chi connectivity index (χ2v) is 6.46. The molecule has 0 aliphatic carbocycles. The summed E-state index contributed by atoms with van der Waals surface area (Å²) in [5.74, 6) is 0.276. The third kappa shape index (κ3) is 5.20. The minimum atomic E-state index is 0.0338. The lowest BCUT2D eigenvalue weighted by Gasteiger charge is -2.17. The molecule has 2 rings (SSSR count). The van der Waals surface area contributed by atoms with E-state index in [1.165, 1.54) is 0 Å². The molecule has 0 unspecified atom stereocenters.